The van der Waals surface area contributed by atoms with Gasteiger partial charge in [-0.2, -0.15) is 0 Å². The van der Waals surface area contributed by atoms with Crippen LogP contribution >= 0.6 is 0 Å². The van der Waals surface area contributed by atoms with Gasteiger partial charge in [0.05, 0.1) is 16.8 Å². The van der Waals surface area contributed by atoms with E-state index in [-0.39, 0.29) is 5.91 Å². The van der Waals surface area contributed by atoms with Gasteiger partial charge in [-0.3, -0.25) is 4.79 Å². The predicted molar refractivity (Wildman–Crippen MR) is 116 cm³/mol. The van der Waals surface area contributed by atoms with Crippen LogP contribution in [0.5, 0.6) is 5.75 Å². The largest absolute Gasteiger partial charge is 0.488 e. The Labute approximate surface area is 177 Å². The maximum absolute atomic E-state index is 12.7. The normalized spacial score (nSPS) is 10.9. The summed E-state index contributed by atoms with van der Waals surface area (Å²) < 4.78 is 11.1. The van der Waals surface area contributed by atoms with Crippen molar-refractivity contribution in [3.05, 3.63) is 82.7 Å². The van der Waals surface area contributed by atoms with Crippen LogP contribution in [0.3, 0.4) is 0 Å². The molecule has 2 aromatic carbocycles. The molecule has 0 atom stereocenters. The van der Waals surface area contributed by atoms with Crippen molar-refractivity contribution in [1.82, 2.24) is 15.4 Å². The van der Waals surface area contributed by atoms with Crippen molar-refractivity contribution < 1.29 is 14.1 Å². The topological polar surface area (TPSA) is 67.6 Å². The second-order valence-electron chi connectivity index (χ2n) is 7.42. The lowest BCUT2D eigenvalue weighted by Crippen LogP contribution is -2.28. The van der Waals surface area contributed by atoms with Crippen LogP contribution in [0.4, 0.5) is 0 Å². The fourth-order valence-electron chi connectivity index (χ4n) is 3.26. The van der Waals surface area contributed by atoms with Gasteiger partial charge in [-0.15, -0.1) is 0 Å². The summed E-state index contributed by atoms with van der Waals surface area (Å²) >= 11 is 0. The van der Waals surface area contributed by atoms with E-state index in [2.05, 4.69) is 46.7 Å². The van der Waals surface area contributed by atoms with E-state index in [1.165, 1.54) is 5.56 Å². The summed E-state index contributed by atoms with van der Waals surface area (Å²) in [6, 6.07) is 17.7. The molecule has 6 heteroatoms. The SMILES string of the molecule is Cc1noc(C)c1COc1ccccc1C(=O)NCCCN(C)Cc1ccccc1. The maximum atomic E-state index is 12.7. The van der Waals surface area contributed by atoms with Gasteiger partial charge in [-0.05, 0) is 51.6 Å². The van der Waals surface area contributed by atoms with Gasteiger partial charge in [-0.25, -0.2) is 0 Å². The number of amides is 1. The Morgan fingerprint density at radius 1 is 1.10 bits per heavy atom. The molecule has 0 aliphatic rings. The standard InChI is InChI=1S/C24H29N3O3/c1-18-22(19(2)30-26-18)17-29-23-13-8-7-12-21(23)24(28)25-14-9-15-27(3)16-20-10-5-4-6-11-20/h4-8,10-13H,9,14-17H2,1-3H3,(H,25,28). The molecule has 1 N–H and O–H groups in total. The van der Waals surface area contributed by atoms with Crippen molar-refractivity contribution in [1.29, 1.82) is 0 Å². The van der Waals surface area contributed by atoms with Crippen molar-refractivity contribution in [3.8, 4) is 5.75 Å². The van der Waals surface area contributed by atoms with Crippen LogP contribution < -0.4 is 10.1 Å². The van der Waals surface area contributed by atoms with Crippen LogP contribution in [-0.2, 0) is 13.2 Å². The van der Waals surface area contributed by atoms with E-state index in [1.807, 2.05) is 32.0 Å². The van der Waals surface area contributed by atoms with Gasteiger partial charge in [-0.1, -0.05) is 47.6 Å². The number of nitrogens with one attached hydrogen (secondary N) is 1. The molecule has 0 radical (unpaired) electrons. The molecule has 0 saturated carbocycles. The summed E-state index contributed by atoms with van der Waals surface area (Å²) in [7, 11) is 2.09. The average molecular weight is 408 g/mol. The lowest BCUT2D eigenvalue weighted by atomic mass is 10.1. The minimum absolute atomic E-state index is 0.130. The highest BCUT2D eigenvalue weighted by molar-refractivity contribution is 5.96. The van der Waals surface area contributed by atoms with Gasteiger partial charge >= 0.3 is 0 Å². The lowest BCUT2D eigenvalue weighted by Gasteiger charge is -2.17. The highest BCUT2D eigenvalue weighted by atomic mass is 16.5. The first-order chi connectivity index (χ1) is 14.5. The zero-order chi connectivity index (χ0) is 21.3. The molecule has 1 heterocycles. The number of ether oxygens (including phenoxy) is 1. The van der Waals surface area contributed by atoms with Crippen LogP contribution in [0.15, 0.2) is 59.1 Å². The van der Waals surface area contributed by atoms with Crippen LogP contribution in [0.1, 0.15) is 39.4 Å². The Morgan fingerprint density at radius 3 is 2.57 bits per heavy atom. The van der Waals surface area contributed by atoms with Gasteiger partial charge in [0, 0.05) is 13.1 Å². The number of aryl methyl sites for hydroxylation is 2. The van der Waals surface area contributed by atoms with Gasteiger partial charge in [0.25, 0.3) is 5.91 Å². The molecule has 0 spiro atoms. The van der Waals surface area contributed by atoms with Crippen LogP contribution in [0.2, 0.25) is 0 Å². The fourth-order valence-corrected chi connectivity index (χ4v) is 3.26. The summed E-state index contributed by atoms with van der Waals surface area (Å²) in [5.41, 5.74) is 3.52. The van der Waals surface area contributed by atoms with Crippen molar-refractivity contribution >= 4 is 5.91 Å². The highest BCUT2D eigenvalue weighted by Crippen LogP contribution is 2.21. The molecule has 0 bridgehead atoms. The Bertz CT molecular complexity index is 934. The third-order valence-corrected chi connectivity index (χ3v) is 4.98. The Balaban J connectivity index is 1.47. The second-order valence-corrected chi connectivity index (χ2v) is 7.42. The number of rotatable bonds is 10. The molecule has 0 fully saturated rings. The number of para-hydroxylation sites is 1. The number of benzene rings is 2. The number of hydrogen-bond donors (Lipinski definition) is 1. The third kappa shape index (κ3) is 5.94. The molecule has 1 aromatic heterocycles. The number of carbonyl (C=O) groups is 1. The molecular formula is C24H29N3O3. The van der Waals surface area contributed by atoms with Crippen LogP contribution in [0, 0.1) is 13.8 Å². The van der Waals surface area contributed by atoms with Gasteiger partial charge < -0.3 is 19.5 Å². The average Bonchev–Trinajstić information content (AvgIpc) is 3.08. The van der Waals surface area contributed by atoms with Gasteiger partial charge in [0.1, 0.15) is 18.1 Å². The zero-order valence-electron chi connectivity index (χ0n) is 17.9. The minimum Gasteiger partial charge on any atom is -0.488 e. The molecule has 0 saturated heterocycles. The van der Waals surface area contributed by atoms with E-state index in [9.17, 15) is 4.79 Å². The van der Waals surface area contributed by atoms with E-state index >= 15 is 0 Å². The van der Waals surface area contributed by atoms with Crippen molar-refractivity contribution in [2.45, 2.75) is 33.4 Å². The van der Waals surface area contributed by atoms with E-state index in [0.717, 1.165) is 36.5 Å². The Morgan fingerprint density at radius 2 is 1.83 bits per heavy atom. The molecule has 6 nitrogen and oxygen atoms in total. The number of hydrogen-bond acceptors (Lipinski definition) is 5. The highest BCUT2D eigenvalue weighted by Gasteiger charge is 2.14. The fraction of sp³-hybridized carbons (Fsp3) is 0.333. The van der Waals surface area contributed by atoms with Crippen molar-refractivity contribution in [3.63, 3.8) is 0 Å². The van der Waals surface area contributed by atoms with E-state index in [4.69, 9.17) is 9.26 Å². The number of aromatic nitrogens is 1. The monoisotopic (exact) mass is 407 g/mol. The molecular weight excluding hydrogens is 378 g/mol. The molecule has 30 heavy (non-hydrogen) atoms. The maximum Gasteiger partial charge on any atom is 0.255 e. The van der Waals surface area contributed by atoms with Gasteiger partial charge in [0.2, 0.25) is 0 Å². The molecule has 3 rings (SSSR count). The summed E-state index contributed by atoms with van der Waals surface area (Å²) in [6.07, 6.45) is 0.872. The first kappa shape index (κ1) is 21.6. The van der Waals surface area contributed by atoms with Crippen LogP contribution in [0.25, 0.3) is 0 Å². The van der Waals surface area contributed by atoms with Crippen molar-refractivity contribution in [2.75, 3.05) is 20.1 Å². The molecule has 3 aromatic rings. The minimum atomic E-state index is -0.130. The number of nitrogens with zero attached hydrogens (tertiary/aromatic N) is 2. The summed E-state index contributed by atoms with van der Waals surface area (Å²) in [5, 5.41) is 6.94. The smallest absolute Gasteiger partial charge is 0.255 e. The van der Waals surface area contributed by atoms with Crippen molar-refractivity contribution in [2.24, 2.45) is 0 Å². The summed E-state index contributed by atoms with van der Waals surface area (Å²) in [6.45, 7) is 6.45. The quantitative estimate of drug-likeness (QED) is 0.512. The number of carbonyl (C=O) groups excluding carboxylic acids is 1. The lowest BCUT2D eigenvalue weighted by molar-refractivity contribution is 0.0947. The summed E-state index contributed by atoms with van der Waals surface area (Å²) in [5.74, 6) is 1.15. The van der Waals surface area contributed by atoms with E-state index < -0.39 is 0 Å². The molecule has 0 unspecified atom stereocenters. The van der Waals surface area contributed by atoms with E-state index in [0.29, 0.717) is 24.5 Å². The third-order valence-electron chi connectivity index (χ3n) is 4.98. The first-order valence-corrected chi connectivity index (χ1v) is 10.2. The molecule has 0 aliphatic carbocycles. The second kappa shape index (κ2) is 10.6. The Hall–Kier alpha value is -3.12. The van der Waals surface area contributed by atoms with E-state index in [1.54, 1.807) is 12.1 Å². The molecule has 1 amide bonds. The van der Waals surface area contributed by atoms with Gasteiger partial charge in [0.15, 0.2) is 0 Å². The molecule has 0 aliphatic heterocycles. The Kier molecular flexibility index (Phi) is 7.63. The summed E-state index contributed by atoms with van der Waals surface area (Å²) in [4.78, 5) is 14.9. The first-order valence-electron chi connectivity index (χ1n) is 10.2. The van der Waals surface area contributed by atoms with Crippen LogP contribution in [-0.4, -0.2) is 36.1 Å². The molecule has 158 valence electrons. The zero-order valence-corrected chi connectivity index (χ0v) is 17.9. The predicted octanol–water partition coefficient (Wildman–Crippen LogP) is 4.12.